The first-order chi connectivity index (χ1) is 11.0. The van der Waals surface area contributed by atoms with Crippen LogP contribution in [0.2, 0.25) is 0 Å². The Labute approximate surface area is 146 Å². The molecule has 1 N–H and O–H groups in total. The average Bonchev–Trinajstić information content (AvgIpc) is 2.54. The summed E-state index contributed by atoms with van der Waals surface area (Å²) in [6.45, 7) is 0.457. The number of carboxylic acids is 1. The number of carboxylic acid groups (broad SMARTS) is 1. The van der Waals surface area contributed by atoms with Crippen molar-refractivity contribution in [2.24, 2.45) is 0 Å². The van der Waals surface area contributed by atoms with Crippen molar-refractivity contribution in [1.29, 1.82) is 0 Å². The first-order valence-electron chi connectivity index (χ1n) is 7.10. The first kappa shape index (κ1) is 17.7. The molecule has 0 amide bonds. The van der Waals surface area contributed by atoms with Gasteiger partial charge in [0.2, 0.25) is 0 Å². The van der Waals surface area contributed by atoms with Crippen molar-refractivity contribution in [3.8, 4) is 5.75 Å². The Morgan fingerprint density at radius 2 is 1.74 bits per heavy atom. The van der Waals surface area contributed by atoms with Gasteiger partial charge in [-0.05, 0) is 48.4 Å². The van der Waals surface area contributed by atoms with Gasteiger partial charge in [0, 0.05) is 26.8 Å². The summed E-state index contributed by atoms with van der Waals surface area (Å²) < 4.78 is 18.5. The Kier molecular flexibility index (Phi) is 6.80. The number of hydrogen-bond donors (Lipinski definition) is 1. The number of hydrogen-bond acceptors (Lipinski definition) is 3. The lowest BCUT2D eigenvalue weighted by Crippen LogP contribution is -2.06. The molecule has 0 radical (unpaired) electrons. The van der Waals surface area contributed by atoms with Crippen molar-refractivity contribution in [1.82, 2.24) is 0 Å². The summed E-state index contributed by atoms with van der Waals surface area (Å²) in [6, 6.07) is 14.1. The summed E-state index contributed by atoms with van der Waals surface area (Å²) in [4.78, 5) is 10.7. The molecule has 0 fully saturated rings. The molecule has 6 heteroatoms. The molecule has 122 valence electrons. The molecule has 1 atom stereocenters. The number of ether oxygens (including phenoxy) is 1. The van der Waals surface area contributed by atoms with Gasteiger partial charge in [0.15, 0.2) is 0 Å². The molecule has 0 saturated heterocycles. The number of carbonyl (C=O) groups is 1. The molecule has 2 aromatic carbocycles. The number of benzene rings is 2. The summed E-state index contributed by atoms with van der Waals surface area (Å²) >= 11 is 3.37. The second kappa shape index (κ2) is 8.84. The Morgan fingerprint density at radius 3 is 2.35 bits per heavy atom. The van der Waals surface area contributed by atoms with E-state index in [4.69, 9.17) is 9.84 Å². The Morgan fingerprint density at radius 1 is 1.09 bits per heavy atom. The van der Waals surface area contributed by atoms with Crippen LogP contribution in [0, 0.1) is 0 Å². The smallest absolute Gasteiger partial charge is 0.335 e. The summed E-state index contributed by atoms with van der Waals surface area (Å²) in [6.07, 6.45) is 0.684. The van der Waals surface area contributed by atoms with Crippen LogP contribution in [0.15, 0.2) is 53.0 Å². The molecule has 0 aliphatic carbocycles. The highest BCUT2D eigenvalue weighted by atomic mass is 79.9. The Hall–Kier alpha value is -1.66. The topological polar surface area (TPSA) is 63.6 Å². The average molecular weight is 397 g/mol. The first-order valence-corrected chi connectivity index (χ1v) is 9.38. The normalized spacial score (nSPS) is 11.9. The fraction of sp³-hybridized carbons (Fsp3) is 0.235. The van der Waals surface area contributed by atoms with Gasteiger partial charge in [0.1, 0.15) is 5.75 Å². The molecule has 0 aliphatic heterocycles. The van der Waals surface area contributed by atoms with Gasteiger partial charge in [-0.15, -0.1) is 0 Å². The maximum Gasteiger partial charge on any atom is 0.335 e. The van der Waals surface area contributed by atoms with E-state index in [9.17, 15) is 9.00 Å². The lowest BCUT2D eigenvalue weighted by atomic mass is 10.2. The minimum atomic E-state index is -0.958. The predicted molar refractivity (Wildman–Crippen MR) is 94.4 cm³/mol. The van der Waals surface area contributed by atoms with Crippen LogP contribution < -0.4 is 4.74 Å². The van der Waals surface area contributed by atoms with Crippen LogP contribution >= 0.6 is 15.9 Å². The van der Waals surface area contributed by atoms with Crippen LogP contribution in [-0.2, 0) is 16.6 Å². The van der Waals surface area contributed by atoms with E-state index in [-0.39, 0.29) is 5.56 Å². The van der Waals surface area contributed by atoms with Crippen LogP contribution in [0.4, 0.5) is 0 Å². The Balaban J connectivity index is 1.69. The number of aromatic carboxylic acids is 1. The van der Waals surface area contributed by atoms with E-state index in [1.165, 1.54) is 12.1 Å². The second-order valence-corrected chi connectivity index (χ2v) is 7.44. The van der Waals surface area contributed by atoms with Gasteiger partial charge in [0.25, 0.3) is 0 Å². The quantitative estimate of drug-likeness (QED) is 0.687. The molecule has 2 rings (SSSR count). The molecule has 0 saturated carbocycles. The van der Waals surface area contributed by atoms with E-state index in [0.717, 1.165) is 10.0 Å². The zero-order valence-corrected chi connectivity index (χ0v) is 14.8. The summed E-state index contributed by atoms with van der Waals surface area (Å²) in [5.74, 6) is 0.776. The largest absolute Gasteiger partial charge is 0.494 e. The van der Waals surface area contributed by atoms with Crippen LogP contribution in [0.1, 0.15) is 22.3 Å². The molecule has 0 aliphatic rings. The zero-order valence-electron chi connectivity index (χ0n) is 12.4. The highest BCUT2D eigenvalue weighted by Crippen LogP contribution is 2.14. The van der Waals surface area contributed by atoms with Crippen molar-refractivity contribution < 1.29 is 18.8 Å². The minimum Gasteiger partial charge on any atom is -0.494 e. The second-order valence-electron chi connectivity index (χ2n) is 4.95. The van der Waals surface area contributed by atoms with Crippen LogP contribution in [-0.4, -0.2) is 27.6 Å². The van der Waals surface area contributed by atoms with Crippen molar-refractivity contribution in [3.63, 3.8) is 0 Å². The van der Waals surface area contributed by atoms with E-state index < -0.39 is 16.8 Å². The predicted octanol–water partition coefficient (Wildman–Crippen LogP) is 3.87. The molecule has 4 nitrogen and oxygen atoms in total. The molecule has 0 aromatic heterocycles. The van der Waals surface area contributed by atoms with Crippen molar-refractivity contribution in [3.05, 3.63) is 64.1 Å². The molecular weight excluding hydrogens is 380 g/mol. The van der Waals surface area contributed by atoms with Gasteiger partial charge in [-0.1, -0.05) is 28.1 Å². The fourth-order valence-electron chi connectivity index (χ4n) is 1.94. The molecule has 0 spiro atoms. The Bertz CT molecular complexity index is 668. The van der Waals surface area contributed by atoms with Gasteiger partial charge in [-0.25, -0.2) is 4.79 Å². The van der Waals surface area contributed by atoms with E-state index in [1.54, 1.807) is 12.1 Å². The number of halogens is 1. The summed E-state index contributed by atoms with van der Waals surface area (Å²) in [7, 11) is -0.918. The van der Waals surface area contributed by atoms with Crippen molar-refractivity contribution in [2.75, 3.05) is 12.4 Å². The molecule has 1 unspecified atom stereocenters. The number of rotatable bonds is 8. The third-order valence-corrected chi connectivity index (χ3v) is 5.06. The van der Waals surface area contributed by atoms with E-state index in [0.29, 0.717) is 30.3 Å². The van der Waals surface area contributed by atoms with Crippen LogP contribution in [0.5, 0.6) is 5.75 Å². The zero-order chi connectivity index (χ0) is 16.7. The van der Waals surface area contributed by atoms with Crippen LogP contribution in [0.3, 0.4) is 0 Å². The summed E-state index contributed by atoms with van der Waals surface area (Å²) in [5.41, 5.74) is 1.28. The highest BCUT2D eigenvalue weighted by Gasteiger charge is 2.04. The molecule has 23 heavy (non-hydrogen) atoms. The van der Waals surface area contributed by atoms with Gasteiger partial charge < -0.3 is 9.84 Å². The van der Waals surface area contributed by atoms with Gasteiger partial charge in [0.05, 0.1) is 12.2 Å². The van der Waals surface area contributed by atoms with E-state index in [2.05, 4.69) is 15.9 Å². The third-order valence-electron chi connectivity index (χ3n) is 3.13. The maximum atomic E-state index is 12.0. The fourth-order valence-corrected chi connectivity index (χ4v) is 3.36. The SMILES string of the molecule is O=C(O)c1ccc(OCCCS(=O)Cc2ccc(Br)cc2)cc1. The van der Waals surface area contributed by atoms with Crippen molar-refractivity contribution in [2.45, 2.75) is 12.2 Å². The molecular formula is C17H17BrO4S. The lowest BCUT2D eigenvalue weighted by Gasteiger charge is -2.07. The summed E-state index contributed by atoms with van der Waals surface area (Å²) in [5, 5.41) is 8.81. The lowest BCUT2D eigenvalue weighted by molar-refractivity contribution is 0.0697. The van der Waals surface area contributed by atoms with E-state index >= 15 is 0 Å². The van der Waals surface area contributed by atoms with Gasteiger partial charge >= 0.3 is 5.97 Å². The maximum absolute atomic E-state index is 12.0. The molecule has 0 heterocycles. The van der Waals surface area contributed by atoms with Gasteiger partial charge in [-0.3, -0.25) is 4.21 Å². The van der Waals surface area contributed by atoms with Crippen LogP contribution in [0.25, 0.3) is 0 Å². The van der Waals surface area contributed by atoms with E-state index in [1.807, 2.05) is 24.3 Å². The molecule has 2 aromatic rings. The van der Waals surface area contributed by atoms with Gasteiger partial charge in [-0.2, -0.15) is 0 Å². The van der Waals surface area contributed by atoms with Crippen molar-refractivity contribution >= 4 is 32.7 Å². The molecule has 0 bridgehead atoms. The standard InChI is InChI=1S/C17H17BrO4S/c18-15-6-2-13(3-7-15)12-23(21)11-1-10-22-16-8-4-14(5-9-16)17(19)20/h2-9H,1,10-12H2,(H,19,20). The monoisotopic (exact) mass is 396 g/mol. The highest BCUT2D eigenvalue weighted by molar-refractivity contribution is 9.10. The third kappa shape index (κ3) is 6.15. The minimum absolute atomic E-state index is 0.230.